The number of aliphatic carboxylic acids is 1. The molecule has 0 unspecified atom stereocenters. The average Bonchev–Trinajstić information content (AvgIpc) is 2.42. The number of hydrogen-bond donors (Lipinski definition) is 2. The molecule has 1 aromatic rings. The Hall–Kier alpha value is -2.04. The monoisotopic (exact) mass is 265 g/mol. The maximum absolute atomic E-state index is 11.3. The van der Waals surface area contributed by atoms with Crippen molar-refractivity contribution in [3.05, 3.63) is 35.9 Å². The van der Waals surface area contributed by atoms with Gasteiger partial charge in [-0.2, -0.15) is 0 Å². The fourth-order valence-electron chi connectivity index (χ4n) is 1.50. The van der Waals surface area contributed by atoms with Crippen molar-refractivity contribution in [2.45, 2.75) is 26.4 Å². The van der Waals surface area contributed by atoms with Crippen LogP contribution in [0.3, 0.4) is 0 Å². The first-order chi connectivity index (χ1) is 9.09. The van der Waals surface area contributed by atoms with Crippen LogP contribution >= 0.6 is 0 Å². The van der Waals surface area contributed by atoms with Crippen molar-refractivity contribution in [2.24, 2.45) is 5.92 Å². The summed E-state index contributed by atoms with van der Waals surface area (Å²) in [6, 6.07) is 9.41. The Morgan fingerprint density at radius 3 is 2.63 bits per heavy atom. The maximum atomic E-state index is 11.3. The predicted octanol–water partition coefficient (Wildman–Crippen LogP) is 2.41. The number of carboxylic acid groups (broad SMARTS) is 1. The van der Waals surface area contributed by atoms with Gasteiger partial charge in [0.15, 0.2) is 0 Å². The number of alkyl carbamates (subject to hydrolysis) is 1. The van der Waals surface area contributed by atoms with E-state index in [1.165, 1.54) is 0 Å². The number of rotatable bonds is 7. The summed E-state index contributed by atoms with van der Waals surface area (Å²) in [7, 11) is 0. The molecule has 1 amide bonds. The minimum Gasteiger partial charge on any atom is -0.481 e. The first kappa shape index (κ1) is 15.0. The molecule has 0 heterocycles. The molecule has 0 fully saturated rings. The summed E-state index contributed by atoms with van der Waals surface area (Å²) < 4.78 is 5.02. The second-order valence-corrected chi connectivity index (χ2v) is 4.37. The number of carbonyl (C=O) groups excluding carboxylic acids is 1. The summed E-state index contributed by atoms with van der Waals surface area (Å²) in [6.07, 6.45) is 0.675. The minimum absolute atomic E-state index is 0.234. The van der Waals surface area contributed by atoms with Gasteiger partial charge < -0.3 is 15.2 Å². The van der Waals surface area contributed by atoms with Gasteiger partial charge in [-0.3, -0.25) is 4.79 Å². The summed E-state index contributed by atoms with van der Waals surface area (Å²) in [6.45, 7) is 2.31. The van der Waals surface area contributed by atoms with Crippen LogP contribution in [0.2, 0.25) is 0 Å². The lowest BCUT2D eigenvalue weighted by Gasteiger charge is -2.08. The molecular formula is C14H19NO4. The zero-order valence-electron chi connectivity index (χ0n) is 11.0. The van der Waals surface area contributed by atoms with E-state index in [0.29, 0.717) is 19.4 Å². The van der Waals surface area contributed by atoms with Crippen molar-refractivity contribution in [1.82, 2.24) is 5.32 Å². The summed E-state index contributed by atoms with van der Waals surface area (Å²) >= 11 is 0. The first-order valence-corrected chi connectivity index (χ1v) is 6.27. The second kappa shape index (κ2) is 8.13. The third kappa shape index (κ3) is 6.45. The molecule has 0 aliphatic rings. The van der Waals surface area contributed by atoms with Crippen LogP contribution in [0.25, 0.3) is 0 Å². The highest BCUT2D eigenvalue weighted by Gasteiger charge is 2.10. The predicted molar refractivity (Wildman–Crippen MR) is 70.7 cm³/mol. The molecular weight excluding hydrogens is 246 g/mol. The number of nitrogens with one attached hydrogen (secondary N) is 1. The number of ether oxygens (including phenoxy) is 1. The molecule has 0 saturated heterocycles. The topological polar surface area (TPSA) is 75.6 Å². The lowest BCUT2D eigenvalue weighted by molar-refractivity contribution is -0.141. The van der Waals surface area contributed by atoms with Crippen molar-refractivity contribution in [1.29, 1.82) is 0 Å². The Balaban J connectivity index is 2.10. The van der Waals surface area contributed by atoms with Crippen LogP contribution in [0.15, 0.2) is 30.3 Å². The SMILES string of the molecule is C[C@H](CCCNC(=O)OCc1ccccc1)C(=O)O. The molecule has 5 nitrogen and oxygen atoms in total. The molecule has 1 aromatic carbocycles. The van der Waals surface area contributed by atoms with Gasteiger partial charge in [-0.25, -0.2) is 4.79 Å². The molecule has 19 heavy (non-hydrogen) atoms. The summed E-state index contributed by atoms with van der Waals surface area (Å²) in [5.41, 5.74) is 0.928. The lowest BCUT2D eigenvalue weighted by Crippen LogP contribution is -2.25. The Labute approximate surface area is 112 Å². The van der Waals surface area contributed by atoms with Crippen molar-refractivity contribution >= 4 is 12.1 Å². The molecule has 1 atom stereocenters. The average molecular weight is 265 g/mol. The van der Waals surface area contributed by atoms with Crippen LogP contribution in [-0.2, 0) is 16.1 Å². The molecule has 0 spiro atoms. The molecule has 5 heteroatoms. The fraction of sp³-hybridized carbons (Fsp3) is 0.429. The molecule has 0 aromatic heterocycles. The maximum Gasteiger partial charge on any atom is 0.407 e. The first-order valence-electron chi connectivity index (χ1n) is 6.27. The number of hydrogen-bond acceptors (Lipinski definition) is 3. The van der Waals surface area contributed by atoms with E-state index >= 15 is 0 Å². The number of carboxylic acids is 1. The lowest BCUT2D eigenvalue weighted by atomic mass is 10.1. The van der Waals surface area contributed by atoms with E-state index in [4.69, 9.17) is 9.84 Å². The summed E-state index contributed by atoms with van der Waals surface area (Å²) in [5, 5.41) is 11.3. The Bertz CT molecular complexity index is 405. The zero-order valence-corrected chi connectivity index (χ0v) is 11.0. The molecule has 0 radical (unpaired) electrons. The molecule has 1 rings (SSSR count). The van der Waals surface area contributed by atoms with Gasteiger partial charge in [0.2, 0.25) is 0 Å². The third-order valence-corrected chi connectivity index (χ3v) is 2.72. The number of amides is 1. The molecule has 104 valence electrons. The highest BCUT2D eigenvalue weighted by atomic mass is 16.5. The van der Waals surface area contributed by atoms with Gasteiger partial charge in [0.05, 0.1) is 5.92 Å². The van der Waals surface area contributed by atoms with Gasteiger partial charge in [-0.15, -0.1) is 0 Å². The zero-order chi connectivity index (χ0) is 14.1. The van der Waals surface area contributed by atoms with E-state index in [2.05, 4.69) is 5.32 Å². The number of carbonyl (C=O) groups is 2. The third-order valence-electron chi connectivity index (χ3n) is 2.72. The Kier molecular flexibility index (Phi) is 6.43. The standard InChI is InChI=1S/C14H19NO4/c1-11(13(16)17)6-5-9-15-14(18)19-10-12-7-3-2-4-8-12/h2-4,7-8,11H,5-6,9-10H2,1H3,(H,15,18)(H,16,17)/t11-/m1/s1. The molecule has 2 N–H and O–H groups in total. The van der Waals surface area contributed by atoms with Crippen molar-refractivity contribution in [3.8, 4) is 0 Å². The van der Waals surface area contributed by atoms with Gasteiger partial charge in [0.1, 0.15) is 6.61 Å². The van der Waals surface area contributed by atoms with Crippen molar-refractivity contribution in [2.75, 3.05) is 6.54 Å². The van der Waals surface area contributed by atoms with Gasteiger partial charge in [-0.1, -0.05) is 37.3 Å². The molecule has 0 saturated carbocycles. The molecule has 0 aliphatic heterocycles. The molecule has 0 bridgehead atoms. The Morgan fingerprint density at radius 2 is 2.00 bits per heavy atom. The van der Waals surface area contributed by atoms with Gasteiger partial charge in [-0.05, 0) is 18.4 Å². The fourth-order valence-corrected chi connectivity index (χ4v) is 1.50. The molecule has 0 aliphatic carbocycles. The van der Waals surface area contributed by atoms with E-state index in [-0.39, 0.29) is 12.5 Å². The van der Waals surface area contributed by atoms with Gasteiger partial charge in [0, 0.05) is 6.54 Å². The number of benzene rings is 1. The smallest absolute Gasteiger partial charge is 0.407 e. The van der Waals surface area contributed by atoms with Crippen LogP contribution in [0, 0.1) is 5.92 Å². The van der Waals surface area contributed by atoms with Crippen LogP contribution in [0.1, 0.15) is 25.3 Å². The van der Waals surface area contributed by atoms with E-state index in [0.717, 1.165) is 5.56 Å². The van der Waals surface area contributed by atoms with Gasteiger partial charge in [0.25, 0.3) is 0 Å². The highest BCUT2D eigenvalue weighted by Crippen LogP contribution is 2.04. The largest absolute Gasteiger partial charge is 0.481 e. The van der Waals surface area contributed by atoms with Crippen LogP contribution in [-0.4, -0.2) is 23.7 Å². The minimum atomic E-state index is -0.813. The quantitative estimate of drug-likeness (QED) is 0.742. The van der Waals surface area contributed by atoms with E-state index in [9.17, 15) is 9.59 Å². The van der Waals surface area contributed by atoms with Crippen molar-refractivity contribution in [3.63, 3.8) is 0 Å². The van der Waals surface area contributed by atoms with E-state index < -0.39 is 12.1 Å². The summed E-state index contributed by atoms with van der Waals surface area (Å²) in [5.74, 6) is -1.20. The second-order valence-electron chi connectivity index (χ2n) is 4.37. The summed E-state index contributed by atoms with van der Waals surface area (Å²) in [4.78, 5) is 21.9. The van der Waals surface area contributed by atoms with Crippen LogP contribution in [0.4, 0.5) is 4.79 Å². The highest BCUT2D eigenvalue weighted by molar-refractivity contribution is 5.69. The van der Waals surface area contributed by atoms with Crippen LogP contribution in [0.5, 0.6) is 0 Å². The van der Waals surface area contributed by atoms with E-state index in [1.54, 1.807) is 6.92 Å². The van der Waals surface area contributed by atoms with Crippen LogP contribution < -0.4 is 5.32 Å². The normalized spacial score (nSPS) is 11.6. The Morgan fingerprint density at radius 1 is 1.32 bits per heavy atom. The van der Waals surface area contributed by atoms with Gasteiger partial charge >= 0.3 is 12.1 Å². The van der Waals surface area contributed by atoms with Crippen molar-refractivity contribution < 1.29 is 19.4 Å². The van der Waals surface area contributed by atoms with E-state index in [1.807, 2.05) is 30.3 Å².